The fraction of sp³-hybridized carbons (Fsp3) is 0.286. The van der Waals surface area contributed by atoms with E-state index >= 15 is 0 Å². The number of fused-ring (bicyclic) bond motifs is 2. The van der Waals surface area contributed by atoms with Crippen LogP contribution in [0.5, 0.6) is 5.75 Å². The molecule has 0 bridgehead atoms. The number of hydrogen-bond donors (Lipinski definition) is 1. The Labute approximate surface area is 167 Å². The molecule has 2 aromatic rings. The fourth-order valence-corrected chi connectivity index (χ4v) is 4.61. The Morgan fingerprint density at radius 2 is 1.89 bits per heavy atom. The maximum absolute atomic E-state index is 13.1. The van der Waals surface area contributed by atoms with Crippen LogP contribution in [0.3, 0.4) is 0 Å². The first-order chi connectivity index (χ1) is 13.4. The van der Waals surface area contributed by atoms with Crippen LogP contribution in [-0.2, 0) is 9.59 Å². The predicted octanol–water partition coefficient (Wildman–Crippen LogP) is 3.32. The minimum Gasteiger partial charge on any atom is -0.494 e. The van der Waals surface area contributed by atoms with E-state index in [2.05, 4.69) is 18.8 Å². The summed E-state index contributed by atoms with van der Waals surface area (Å²) in [7, 11) is 0. The summed E-state index contributed by atoms with van der Waals surface area (Å²) in [6.07, 6.45) is 0. The Kier molecular flexibility index (Phi) is 4.63. The van der Waals surface area contributed by atoms with Gasteiger partial charge < -0.3 is 10.5 Å². The molecule has 4 rings (SSSR count). The van der Waals surface area contributed by atoms with E-state index in [0.29, 0.717) is 34.3 Å². The second-order valence-electron chi connectivity index (χ2n) is 6.97. The van der Waals surface area contributed by atoms with Gasteiger partial charge in [-0.05, 0) is 49.2 Å². The third-order valence-electron chi connectivity index (χ3n) is 4.83. The van der Waals surface area contributed by atoms with Gasteiger partial charge in [0.1, 0.15) is 16.0 Å². The van der Waals surface area contributed by atoms with Gasteiger partial charge >= 0.3 is 0 Å². The molecule has 1 atom stereocenters. The number of benzene rings is 1. The van der Waals surface area contributed by atoms with Gasteiger partial charge in [-0.25, -0.2) is 9.88 Å². The van der Waals surface area contributed by atoms with Gasteiger partial charge in [0.05, 0.1) is 23.6 Å². The number of aromatic nitrogens is 1. The van der Waals surface area contributed by atoms with E-state index in [0.717, 1.165) is 11.3 Å². The van der Waals surface area contributed by atoms with Crippen LogP contribution in [0.1, 0.15) is 37.9 Å². The zero-order valence-corrected chi connectivity index (χ0v) is 16.7. The molecule has 0 spiro atoms. The van der Waals surface area contributed by atoms with Gasteiger partial charge in [0.25, 0.3) is 11.8 Å². The lowest BCUT2D eigenvalue weighted by atomic mass is 10.0. The van der Waals surface area contributed by atoms with Crippen molar-refractivity contribution in [2.24, 2.45) is 5.73 Å². The van der Waals surface area contributed by atoms with Crippen molar-refractivity contribution in [2.45, 2.75) is 37.0 Å². The van der Waals surface area contributed by atoms with Gasteiger partial charge in [0.2, 0.25) is 0 Å². The molecular formula is C21H21N3O3S. The minimum atomic E-state index is -0.665. The summed E-state index contributed by atoms with van der Waals surface area (Å²) in [5.74, 6) is 0.287. The van der Waals surface area contributed by atoms with E-state index in [-0.39, 0.29) is 17.7 Å². The van der Waals surface area contributed by atoms with Gasteiger partial charge in [-0.1, -0.05) is 25.6 Å². The van der Waals surface area contributed by atoms with E-state index in [9.17, 15) is 9.59 Å². The van der Waals surface area contributed by atoms with Crippen LogP contribution in [0.15, 0.2) is 47.0 Å². The second kappa shape index (κ2) is 6.98. The third kappa shape index (κ3) is 2.86. The van der Waals surface area contributed by atoms with E-state index < -0.39 is 5.25 Å². The molecule has 0 radical (unpaired) electrons. The smallest absolute Gasteiger partial charge is 0.264 e. The lowest BCUT2D eigenvalue weighted by molar-refractivity contribution is -0.120. The minimum absolute atomic E-state index is 0.263. The van der Waals surface area contributed by atoms with Crippen LogP contribution in [0.2, 0.25) is 0 Å². The number of hydrogen-bond acceptors (Lipinski definition) is 6. The number of ether oxygens (including phenoxy) is 1. The number of amides is 2. The predicted molar refractivity (Wildman–Crippen MR) is 109 cm³/mol. The normalized spacial score (nSPS) is 18.6. The van der Waals surface area contributed by atoms with Crippen molar-refractivity contribution in [3.63, 3.8) is 0 Å². The molecule has 3 heterocycles. The highest BCUT2D eigenvalue weighted by atomic mass is 32.2. The zero-order chi connectivity index (χ0) is 20.0. The van der Waals surface area contributed by atoms with Gasteiger partial charge in [-0.15, -0.1) is 0 Å². The van der Waals surface area contributed by atoms with Crippen molar-refractivity contribution < 1.29 is 14.3 Å². The highest BCUT2D eigenvalue weighted by Crippen LogP contribution is 2.45. The number of anilines is 1. The summed E-state index contributed by atoms with van der Waals surface area (Å²) >= 11 is 1.30. The standard InChI is InChI=1S/C21H21N3O3S/c1-4-27-13-7-5-12(6-8-13)24-20(25)16-17(22)14-9-10-15(11(2)3)23-19(14)28-18(16)21(24)26/h5-11,18H,4,22H2,1-3H3/t18-/m1/s1. The number of thioether (sulfide) groups is 1. The summed E-state index contributed by atoms with van der Waals surface area (Å²) in [5, 5.41) is 0.0358. The molecule has 1 saturated heterocycles. The van der Waals surface area contributed by atoms with Gasteiger partial charge in [0, 0.05) is 11.3 Å². The lowest BCUT2D eigenvalue weighted by Gasteiger charge is -2.20. The summed E-state index contributed by atoms with van der Waals surface area (Å²) in [6.45, 7) is 6.57. The number of carbonyl (C=O) groups excluding carboxylic acids is 2. The number of nitrogens with two attached hydrogens (primary N) is 1. The molecule has 144 valence electrons. The molecule has 6 nitrogen and oxygen atoms in total. The first kappa shape index (κ1) is 18.6. The van der Waals surface area contributed by atoms with E-state index in [1.54, 1.807) is 24.3 Å². The van der Waals surface area contributed by atoms with Crippen molar-refractivity contribution in [3.8, 4) is 5.75 Å². The van der Waals surface area contributed by atoms with Crippen LogP contribution in [0, 0.1) is 0 Å². The Hall–Kier alpha value is -2.80. The third-order valence-corrected chi connectivity index (χ3v) is 6.04. The Morgan fingerprint density at radius 3 is 2.54 bits per heavy atom. The highest BCUT2D eigenvalue weighted by molar-refractivity contribution is 8.01. The number of carbonyl (C=O) groups is 2. The van der Waals surface area contributed by atoms with Gasteiger partial charge in [-0.3, -0.25) is 9.59 Å². The average Bonchev–Trinajstić information content (AvgIpc) is 2.93. The largest absolute Gasteiger partial charge is 0.494 e. The van der Waals surface area contributed by atoms with Crippen LogP contribution >= 0.6 is 11.8 Å². The molecule has 2 aliphatic heterocycles. The quantitative estimate of drug-likeness (QED) is 0.800. The summed E-state index contributed by atoms with van der Waals surface area (Å²) < 4.78 is 5.43. The Bertz CT molecular complexity index is 998. The van der Waals surface area contributed by atoms with Crippen molar-refractivity contribution in [1.29, 1.82) is 0 Å². The maximum atomic E-state index is 13.1. The molecule has 1 aromatic heterocycles. The van der Waals surface area contributed by atoms with E-state index in [4.69, 9.17) is 10.5 Å². The van der Waals surface area contributed by atoms with Crippen molar-refractivity contribution >= 4 is 35.0 Å². The molecule has 2 aliphatic rings. The first-order valence-corrected chi connectivity index (χ1v) is 10.1. The lowest BCUT2D eigenvalue weighted by Crippen LogP contribution is -2.31. The summed E-state index contributed by atoms with van der Waals surface area (Å²) in [6, 6.07) is 10.7. The second-order valence-corrected chi connectivity index (χ2v) is 8.07. The van der Waals surface area contributed by atoms with Crippen molar-refractivity contribution in [1.82, 2.24) is 4.98 Å². The van der Waals surface area contributed by atoms with Gasteiger partial charge in [0.15, 0.2) is 0 Å². The molecule has 0 aliphatic carbocycles. The molecule has 0 unspecified atom stereocenters. The van der Waals surface area contributed by atoms with E-state index in [1.807, 2.05) is 19.1 Å². The summed E-state index contributed by atoms with van der Waals surface area (Å²) in [5.41, 5.74) is 9.16. The first-order valence-electron chi connectivity index (χ1n) is 9.21. The number of nitrogens with zero attached hydrogens (tertiary/aromatic N) is 2. The number of imide groups is 1. The molecule has 1 aromatic carbocycles. The van der Waals surface area contributed by atoms with Crippen LogP contribution in [-0.4, -0.2) is 28.7 Å². The molecule has 2 N–H and O–H groups in total. The molecular weight excluding hydrogens is 374 g/mol. The molecule has 7 heteroatoms. The van der Waals surface area contributed by atoms with Crippen LogP contribution < -0.4 is 15.4 Å². The number of rotatable bonds is 4. The Balaban J connectivity index is 1.72. The fourth-order valence-electron chi connectivity index (χ4n) is 3.37. The molecule has 0 saturated carbocycles. The topological polar surface area (TPSA) is 85.5 Å². The zero-order valence-electron chi connectivity index (χ0n) is 15.9. The molecule has 1 fully saturated rings. The van der Waals surface area contributed by atoms with Crippen molar-refractivity contribution in [2.75, 3.05) is 11.5 Å². The summed E-state index contributed by atoms with van der Waals surface area (Å²) in [4.78, 5) is 32.0. The molecule has 28 heavy (non-hydrogen) atoms. The van der Waals surface area contributed by atoms with E-state index in [1.165, 1.54) is 16.7 Å². The van der Waals surface area contributed by atoms with Gasteiger partial charge in [-0.2, -0.15) is 0 Å². The highest BCUT2D eigenvalue weighted by Gasteiger charge is 2.49. The molecule has 2 amide bonds. The van der Waals surface area contributed by atoms with Crippen molar-refractivity contribution in [3.05, 3.63) is 53.2 Å². The van der Waals surface area contributed by atoms with Crippen LogP contribution in [0.25, 0.3) is 5.70 Å². The number of pyridine rings is 1. The monoisotopic (exact) mass is 395 g/mol. The maximum Gasteiger partial charge on any atom is 0.264 e. The Morgan fingerprint density at radius 1 is 1.18 bits per heavy atom. The van der Waals surface area contributed by atoms with Crippen LogP contribution in [0.4, 0.5) is 5.69 Å². The average molecular weight is 395 g/mol. The SMILES string of the molecule is CCOc1ccc(N2C(=O)C3=C(N)c4ccc(C(C)C)nc4S[C@H]3C2=O)cc1.